The fourth-order valence-corrected chi connectivity index (χ4v) is 4.03. The highest BCUT2D eigenvalue weighted by molar-refractivity contribution is 5.91. The largest absolute Gasteiger partial charge is 0.423 e. The smallest absolute Gasteiger partial charge is 0.343 e. The lowest BCUT2D eigenvalue weighted by Crippen LogP contribution is -2.08. The van der Waals surface area contributed by atoms with Crippen molar-refractivity contribution in [2.45, 2.75) is 77.6 Å². The number of hydrogen-bond acceptors (Lipinski definition) is 5. The van der Waals surface area contributed by atoms with Gasteiger partial charge in [-0.2, -0.15) is 15.5 Å². The van der Waals surface area contributed by atoms with Crippen molar-refractivity contribution in [2.24, 2.45) is 0 Å². The molecule has 1 heterocycles. The third-order valence-corrected chi connectivity index (χ3v) is 6.19. The Bertz CT molecular complexity index is 1140. The van der Waals surface area contributed by atoms with E-state index in [2.05, 4.69) is 17.1 Å². The highest BCUT2D eigenvalue weighted by Gasteiger charge is 2.11. The topological polar surface area (TPSA) is 75.9 Å². The van der Waals surface area contributed by atoms with Gasteiger partial charge in [-0.05, 0) is 49.2 Å². The Morgan fingerprint density at radius 2 is 1.53 bits per heavy atom. The quantitative estimate of drug-likeness (QED) is 0.131. The Kier molecular flexibility index (Phi) is 11.0. The highest BCUT2D eigenvalue weighted by atomic mass is 19.1. The van der Waals surface area contributed by atoms with Crippen LogP contribution in [-0.2, 0) is 6.42 Å². The molecule has 0 saturated carbocycles. The number of benzene rings is 2. The summed E-state index contributed by atoms with van der Waals surface area (Å²) >= 11 is 0. The molecule has 1 aromatic heterocycles. The van der Waals surface area contributed by atoms with E-state index in [1.807, 2.05) is 12.1 Å². The van der Waals surface area contributed by atoms with Crippen LogP contribution in [0.25, 0.3) is 11.3 Å². The van der Waals surface area contributed by atoms with Crippen LogP contribution in [0.5, 0.6) is 5.75 Å². The minimum absolute atomic E-state index is 0.0458. The minimum Gasteiger partial charge on any atom is -0.423 e. The number of nitrogens with zero attached hydrogens (tertiary/aromatic N) is 3. The molecule has 3 aromatic rings. The Hall–Kier alpha value is -3.59. The van der Waals surface area contributed by atoms with E-state index in [0.29, 0.717) is 5.56 Å². The molecular formula is C30H34FN3O2. The molecule has 0 N–H and O–H groups in total. The lowest BCUT2D eigenvalue weighted by molar-refractivity contribution is 0.0734. The van der Waals surface area contributed by atoms with Gasteiger partial charge in [-0.15, -0.1) is 0 Å². The summed E-state index contributed by atoms with van der Waals surface area (Å²) in [4.78, 5) is 12.4. The molecule has 0 radical (unpaired) electrons. The molecule has 0 bridgehead atoms. The maximum absolute atomic E-state index is 13.7. The molecule has 3 rings (SSSR count). The monoisotopic (exact) mass is 487 g/mol. The van der Waals surface area contributed by atoms with Crippen molar-refractivity contribution >= 4 is 5.97 Å². The molecule has 0 unspecified atom stereocenters. The van der Waals surface area contributed by atoms with E-state index < -0.39 is 11.8 Å². The fraction of sp³-hybridized carbons (Fsp3) is 0.400. The van der Waals surface area contributed by atoms with Gasteiger partial charge in [-0.1, -0.05) is 76.8 Å². The van der Waals surface area contributed by atoms with E-state index in [9.17, 15) is 9.18 Å². The standard InChI is InChI=1S/C30H34FN3O2/c1-2-3-4-5-6-7-8-9-10-11-12-26-18-20-29(34-33-26)23-13-15-24(16-14-23)30(35)36-27-19-17-25(22-32)28(31)21-27/h13-21H,2-12H2,1H3. The van der Waals surface area contributed by atoms with E-state index in [0.717, 1.165) is 35.9 Å². The summed E-state index contributed by atoms with van der Waals surface area (Å²) in [6, 6.07) is 16.2. The molecule has 36 heavy (non-hydrogen) atoms. The molecule has 188 valence electrons. The number of esters is 1. The lowest BCUT2D eigenvalue weighted by Gasteiger charge is -2.06. The third kappa shape index (κ3) is 8.57. The number of carbonyl (C=O) groups excluding carboxylic acids is 1. The van der Waals surface area contributed by atoms with Gasteiger partial charge in [0.2, 0.25) is 0 Å². The first-order valence-corrected chi connectivity index (χ1v) is 13.0. The van der Waals surface area contributed by atoms with Crippen molar-refractivity contribution < 1.29 is 13.9 Å². The van der Waals surface area contributed by atoms with Crippen molar-refractivity contribution in [3.63, 3.8) is 0 Å². The van der Waals surface area contributed by atoms with Crippen molar-refractivity contribution in [1.29, 1.82) is 5.26 Å². The van der Waals surface area contributed by atoms with Crippen LogP contribution in [0, 0.1) is 17.1 Å². The summed E-state index contributed by atoms with van der Waals surface area (Å²) in [5.74, 6) is -1.29. The van der Waals surface area contributed by atoms with Crippen LogP contribution in [0.1, 0.15) is 92.7 Å². The summed E-state index contributed by atoms with van der Waals surface area (Å²) in [6.45, 7) is 2.25. The molecule has 0 aliphatic heterocycles. The van der Waals surface area contributed by atoms with Crippen molar-refractivity contribution in [1.82, 2.24) is 10.2 Å². The predicted molar refractivity (Wildman–Crippen MR) is 139 cm³/mol. The molecule has 0 fully saturated rings. The zero-order valence-corrected chi connectivity index (χ0v) is 21.0. The van der Waals surface area contributed by atoms with Gasteiger partial charge in [0.1, 0.15) is 17.6 Å². The molecule has 0 saturated heterocycles. The zero-order chi connectivity index (χ0) is 25.6. The summed E-state index contributed by atoms with van der Waals surface area (Å²) in [6.07, 6.45) is 14.0. The highest BCUT2D eigenvalue weighted by Crippen LogP contribution is 2.20. The first-order valence-electron chi connectivity index (χ1n) is 13.0. The van der Waals surface area contributed by atoms with Gasteiger partial charge in [0.05, 0.1) is 22.5 Å². The van der Waals surface area contributed by atoms with E-state index in [1.165, 1.54) is 69.9 Å². The van der Waals surface area contributed by atoms with E-state index in [-0.39, 0.29) is 11.3 Å². The Labute approximate surface area is 213 Å². The molecule has 0 aliphatic carbocycles. The third-order valence-electron chi connectivity index (χ3n) is 6.19. The molecule has 0 spiro atoms. The molecule has 2 aromatic carbocycles. The molecule has 0 amide bonds. The number of unbranched alkanes of at least 4 members (excludes halogenated alkanes) is 9. The maximum atomic E-state index is 13.7. The van der Waals surface area contributed by atoms with Gasteiger partial charge < -0.3 is 4.74 Å². The second kappa shape index (κ2) is 14.7. The van der Waals surface area contributed by atoms with Crippen LogP contribution in [0.4, 0.5) is 4.39 Å². The fourth-order valence-electron chi connectivity index (χ4n) is 4.03. The number of halogens is 1. The Morgan fingerprint density at radius 1 is 0.861 bits per heavy atom. The van der Waals surface area contributed by atoms with E-state index in [1.54, 1.807) is 30.3 Å². The summed E-state index contributed by atoms with van der Waals surface area (Å²) in [5, 5.41) is 17.5. The molecular weight excluding hydrogens is 453 g/mol. The van der Waals surface area contributed by atoms with Gasteiger partial charge in [-0.3, -0.25) is 0 Å². The number of carbonyl (C=O) groups is 1. The van der Waals surface area contributed by atoms with E-state index >= 15 is 0 Å². The predicted octanol–water partition coefficient (Wildman–Crippen LogP) is 7.84. The normalized spacial score (nSPS) is 10.7. The van der Waals surface area contributed by atoms with Crippen LogP contribution in [0.3, 0.4) is 0 Å². The van der Waals surface area contributed by atoms with Crippen LogP contribution in [0.2, 0.25) is 0 Å². The van der Waals surface area contributed by atoms with Gasteiger partial charge in [0.25, 0.3) is 0 Å². The Morgan fingerprint density at radius 3 is 2.11 bits per heavy atom. The SMILES string of the molecule is CCCCCCCCCCCCc1ccc(-c2ccc(C(=O)Oc3ccc(C#N)c(F)c3)cc2)nn1. The van der Waals surface area contributed by atoms with Crippen molar-refractivity contribution in [3.05, 3.63) is 77.2 Å². The summed E-state index contributed by atoms with van der Waals surface area (Å²) < 4.78 is 18.9. The second-order valence-electron chi connectivity index (χ2n) is 9.06. The molecule has 5 nitrogen and oxygen atoms in total. The average molecular weight is 488 g/mol. The number of rotatable bonds is 14. The van der Waals surface area contributed by atoms with Crippen LogP contribution >= 0.6 is 0 Å². The molecule has 6 heteroatoms. The number of aromatic nitrogens is 2. The number of nitriles is 1. The van der Waals surface area contributed by atoms with Crippen LogP contribution in [0.15, 0.2) is 54.6 Å². The van der Waals surface area contributed by atoms with E-state index in [4.69, 9.17) is 10.00 Å². The summed E-state index contributed by atoms with van der Waals surface area (Å²) in [7, 11) is 0. The van der Waals surface area contributed by atoms with Gasteiger partial charge in [0.15, 0.2) is 0 Å². The van der Waals surface area contributed by atoms with Gasteiger partial charge in [0, 0.05) is 11.6 Å². The first-order chi connectivity index (χ1) is 17.6. The maximum Gasteiger partial charge on any atom is 0.343 e. The summed E-state index contributed by atoms with van der Waals surface area (Å²) in [5.41, 5.74) is 2.79. The number of aryl methyl sites for hydroxylation is 1. The number of ether oxygens (including phenoxy) is 1. The molecule has 0 atom stereocenters. The first kappa shape index (κ1) is 27.0. The van der Waals surface area contributed by atoms with Crippen molar-refractivity contribution in [3.8, 4) is 23.1 Å². The number of hydrogen-bond donors (Lipinski definition) is 0. The van der Waals surface area contributed by atoms with Crippen LogP contribution in [-0.4, -0.2) is 16.2 Å². The van der Waals surface area contributed by atoms with Crippen molar-refractivity contribution in [2.75, 3.05) is 0 Å². The van der Waals surface area contributed by atoms with Gasteiger partial charge >= 0.3 is 5.97 Å². The lowest BCUT2D eigenvalue weighted by atomic mass is 10.0. The average Bonchev–Trinajstić information content (AvgIpc) is 2.90. The Balaban J connectivity index is 1.41. The minimum atomic E-state index is -0.728. The molecule has 0 aliphatic rings. The zero-order valence-electron chi connectivity index (χ0n) is 21.0. The van der Waals surface area contributed by atoms with Gasteiger partial charge in [-0.25, -0.2) is 9.18 Å². The second-order valence-corrected chi connectivity index (χ2v) is 9.06. The van der Waals surface area contributed by atoms with Crippen LogP contribution < -0.4 is 4.74 Å².